The first-order valence-corrected chi connectivity index (χ1v) is 6.20. The number of hydrogen-bond donors (Lipinski definition) is 1. The summed E-state index contributed by atoms with van der Waals surface area (Å²) in [7, 11) is 0. The highest BCUT2D eigenvalue weighted by molar-refractivity contribution is 8.12. The van der Waals surface area contributed by atoms with Crippen molar-refractivity contribution >= 4 is 23.0 Å². The topological polar surface area (TPSA) is 46.2 Å². The normalized spacial score (nSPS) is 9.78. The highest BCUT2D eigenvalue weighted by Crippen LogP contribution is 2.10. The Morgan fingerprint density at radius 3 is 1.83 bits per heavy atom. The van der Waals surface area contributed by atoms with Crippen LogP contribution < -0.4 is 4.72 Å². The molecule has 0 saturated carbocycles. The molecule has 2 aromatic carbocycles. The SMILES string of the molecule is O=C(NSC(=O)c1ccccc1)c1ccccc1. The van der Waals surface area contributed by atoms with Gasteiger partial charge in [0.25, 0.3) is 5.91 Å². The van der Waals surface area contributed by atoms with Gasteiger partial charge in [-0.2, -0.15) is 0 Å². The zero-order valence-corrected chi connectivity index (χ0v) is 10.3. The van der Waals surface area contributed by atoms with Crippen molar-refractivity contribution in [3.8, 4) is 0 Å². The summed E-state index contributed by atoms with van der Waals surface area (Å²) in [6, 6.07) is 17.6. The predicted molar refractivity (Wildman–Crippen MR) is 72.3 cm³/mol. The predicted octanol–water partition coefficient (Wildman–Crippen LogP) is 2.91. The molecule has 3 nitrogen and oxygen atoms in total. The van der Waals surface area contributed by atoms with Gasteiger partial charge in [-0.3, -0.25) is 14.3 Å². The number of carbonyl (C=O) groups is 2. The Bertz CT molecular complexity index is 489. The van der Waals surface area contributed by atoms with Crippen molar-refractivity contribution in [1.82, 2.24) is 4.72 Å². The second-order valence-corrected chi connectivity index (χ2v) is 4.33. The lowest BCUT2D eigenvalue weighted by Crippen LogP contribution is -2.18. The molecular formula is C14H11NO2S. The highest BCUT2D eigenvalue weighted by atomic mass is 32.2. The maximum atomic E-state index is 11.7. The van der Waals surface area contributed by atoms with Crippen molar-refractivity contribution < 1.29 is 9.59 Å². The van der Waals surface area contributed by atoms with Gasteiger partial charge in [0.2, 0.25) is 5.12 Å². The molecular weight excluding hydrogens is 246 g/mol. The monoisotopic (exact) mass is 257 g/mol. The van der Waals surface area contributed by atoms with Crippen LogP contribution in [0.1, 0.15) is 20.7 Å². The molecule has 2 aromatic rings. The second kappa shape index (κ2) is 6.02. The van der Waals surface area contributed by atoms with Crippen LogP contribution in [0.3, 0.4) is 0 Å². The summed E-state index contributed by atoms with van der Waals surface area (Å²) >= 11 is 0.794. The largest absolute Gasteiger partial charge is 0.289 e. The van der Waals surface area contributed by atoms with Gasteiger partial charge >= 0.3 is 0 Å². The number of amides is 1. The quantitative estimate of drug-likeness (QED) is 0.841. The van der Waals surface area contributed by atoms with E-state index in [1.54, 1.807) is 48.5 Å². The van der Waals surface area contributed by atoms with Crippen LogP contribution in [0.4, 0.5) is 0 Å². The van der Waals surface area contributed by atoms with Crippen molar-refractivity contribution in [3.05, 3.63) is 71.8 Å². The lowest BCUT2D eigenvalue weighted by Gasteiger charge is -2.03. The van der Waals surface area contributed by atoms with Crippen molar-refractivity contribution in [2.75, 3.05) is 0 Å². The zero-order chi connectivity index (χ0) is 12.8. The molecule has 0 spiro atoms. The summed E-state index contributed by atoms with van der Waals surface area (Å²) in [5.41, 5.74) is 1.10. The smallest absolute Gasteiger partial charge is 0.261 e. The number of benzene rings is 2. The first kappa shape index (κ1) is 12.4. The van der Waals surface area contributed by atoms with Gasteiger partial charge in [0.05, 0.1) is 0 Å². The number of hydrogen-bond acceptors (Lipinski definition) is 3. The van der Waals surface area contributed by atoms with Gasteiger partial charge in [-0.1, -0.05) is 48.5 Å². The number of rotatable bonds is 2. The van der Waals surface area contributed by atoms with Crippen molar-refractivity contribution in [2.24, 2.45) is 0 Å². The molecule has 0 heterocycles. The molecule has 4 heteroatoms. The third kappa shape index (κ3) is 3.21. The first-order valence-electron chi connectivity index (χ1n) is 5.39. The Hall–Kier alpha value is -2.07. The summed E-state index contributed by atoms with van der Waals surface area (Å²) in [6.07, 6.45) is 0. The van der Waals surface area contributed by atoms with Crippen molar-refractivity contribution in [1.29, 1.82) is 0 Å². The van der Waals surface area contributed by atoms with E-state index >= 15 is 0 Å². The molecule has 0 bridgehead atoms. The molecule has 90 valence electrons. The summed E-state index contributed by atoms with van der Waals surface area (Å²) in [5, 5.41) is -0.181. The van der Waals surface area contributed by atoms with E-state index < -0.39 is 0 Å². The number of carbonyl (C=O) groups excluding carboxylic acids is 2. The van der Waals surface area contributed by atoms with Crippen LogP contribution in [0.25, 0.3) is 0 Å². The molecule has 0 saturated heterocycles. The summed E-state index contributed by atoms with van der Waals surface area (Å²) < 4.78 is 2.53. The van der Waals surface area contributed by atoms with Crippen LogP contribution in [-0.2, 0) is 0 Å². The van der Waals surface area contributed by atoms with E-state index in [1.165, 1.54) is 0 Å². The Labute approximate surface area is 109 Å². The summed E-state index contributed by atoms with van der Waals surface area (Å²) in [4.78, 5) is 23.4. The van der Waals surface area contributed by atoms with Crippen LogP contribution in [0.2, 0.25) is 0 Å². The highest BCUT2D eigenvalue weighted by Gasteiger charge is 2.09. The Balaban J connectivity index is 1.93. The standard InChI is InChI=1S/C14H11NO2S/c16-13(11-7-3-1-4-8-11)15-18-14(17)12-9-5-2-6-10-12/h1-10H,(H,15,16). The lowest BCUT2D eigenvalue weighted by molar-refractivity contribution is 0.0978. The van der Waals surface area contributed by atoms with Crippen LogP contribution in [0, 0.1) is 0 Å². The Kier molecular flexibility index (Phi) is 4.15. The molecule has 18 heavy (non-hydrogen) atoms. The third-order valence-corrected chi connectivity index (χ3v) is 2.99. The van der Waals surface area contributed by atoms with Gasteiger partial charge in [-0.25, -0.2) is 0 Å². The average Bonchev–Trinajstić information content (AvgIpc) is 2.46. The Morgan fingerprint density at radius 1 is 0.778 bits per heavy atom. The second-order valence-electron chi connectivity index (χ2n) is 3.55. The summed E-state index contributed by atoms with van der Waals surface area (Å²) in [6.45, 7) is 0. The molecule has 1 N–H and O–H groups in total. The van der Waals surface area contributed by atoms with E-state index in [0.29, 0.717) is 11.1 Å². The fourth-order valence-corrected chi connectivity index (χ4v) is 1.93. The molecule has 0 aliphatic carbocycles. The summed E-state index contributed by atoms with van der Waals surface area (Å²) in [5.74, 6) is -0.273. The first-order chi connectivity index (χ1) is 8.77. The maximum Gasteiger partial charge on any atom is 0.261 e. The van der Waals surface area contributed by atoms with Crippen LogP contribution in [0.5, 0.6) is 0 Å². The van der Waals surface area contributed by atoms with E-state index in [2.05, 4.69) is 4.72 Å². The van der Waals surface area contributed by atoms with Gasteiger partial charge in [0, 0.05) is 23.1 Å². The lowest BCUT2D eigenvalue weighted by atomic mass is 10.2. The van der Waals surface area contributed by atoms with E-state index in [-0.39, 0.29) is 11.0 Å². The minimum atomic E-state index is -0.273. The molecule has 0 aliphatic heterocycles. The van der Waals surface area contributed by atoms with Crippen LogP contribution in [0.15, 0.2) is 60.7 Å². The van der Waals surface area contributed by atoms with Crippen LogP contribution >= 0.6 is 11.9 Å². The maximum absolute atomic E-state index is 11.7. The van der Waals surface area contributed by atoms with Crippen LogP contribution in [-0.4, -0.2) is 11.0 Å². The van der Waals surface area contributed by atoms with E-state index in [0.717, 1.165) is 11.9 Å². The van der Waals surface area contributed by atoms with Crippen molar-refractivity contribution in [3.63, 3.8) is 0 Å². The van der Waals surface area contributed by atoms with Gasteiger partial charge in [-0.05, 0) is 12.1 Å². The van der Waals surface area contributed by atoms with E-state index in [9.17, 15) is 9.59 Å². The molecule has 0 aromatic heterocycles. The molecule has 1 amide bonds. The molecule has 0 atom stereocenters. The fourth-order valence-electron chi connectivity index (χ4n) is 1.37. The van der Waals surface area contributed by atoms with Gasteiger partial charge in [-0.15, -0.1) is 0 Å². The fraction of sp³-hybridized carbons (Fsp3) is 0. The minimum Gasteiger partial charge on any atom is -0.289 e. The molecule has 0 fully saturated rings. The third-order valence-electron chi connectivity index (χ3n) is 2.28. The molecule has 0 unspecified atom stereocenters. The average molecular weight is 257 g/mol. The molecule has 0 radical (unpaired) electrons. The zero-order valence-electron chi connectivity index (χ0n) is 9.50. The van der Waals surface area contributed by atoms with Crippen molar-refractivity contribution in [2.45, 2.75) is 0 Å². The van der Waals surface area contributed by atoms with E-state index in [4.69, 9.17) is 0 Å². The van der Waals surface area contributed by atoms with Gasteiger partial charge < -0.3 is 0 Å². The minimum absolute atomic E-state index is 0.181. The van der Waals surface area contributed by atoms with Gasteiger partial charge in [0.15, 0.2) is 0 Å². The number of nitrogens with one attached hydrogen (secondary N) is 1. The molecule has 0 aliphatic rings. The van der Waals surface area contributed by atoms with E-state index in [1.807, 2.05) is 12.1 Å². The van der Waals surface area contributed by atoms with Gasteiger partial charge in [0.1, 0.15) is 0 Å². The molecule has 2 rings (SSSR count). The Morgan fingerprint density at radius 2 is 1.28 bits per heavy atom.